The van der Waals surface area contributed by atoms with E-state index >= 15 is 0 Å². The third-order valence-corrected chi connectivity index (χ3v) is 2.43. The van der Waals surface area contributed by atoms with Gasteiger partial charge in [0.25, 0.3) is 5.91 Å². The van der Waals surface area contributed by atoms with Crippen LogP contribution in [0, 0.1) is 0 Å². The van der Waals surface area contributed by atoms with E-state index in [0.717, 1.165) is 0 Å². The van der Waals surface area contributed by atoms with Crippen molar-refractivity contribution in [3.8, 4) is 0 Å². The molecule has 16 heavy (non-hydrogen) atoms. The highest BCUT2D eigenvalue weighted by atomic mass is 79.9. The van der Waals surface area contributed by atoms with E-state index in [-0.39, 0.29) is 10.6 Å². The maximum atomic E-state index is 11.8. The number of amides is 1. The molecule has 0 fully saturated rings. The number of hydrogen-bond acceptors (Lipinski definition) is 1. The van der Waals surface area contributed by atoms with Crippen molar-refractivity contribution in [2.45, 2.75) is 6.18 Å². The van der Waals surface area contributed by atoms with Crippen LogP contribution in [-0.4, -0.2) is 18.6 Å². The van der Waals surface area contributed by atoms with E-state index < -0.39 is 18.6 Å². The smallest absolute Gasteiger partial charge is 0.343 e. The molecule has 1 N–H and O–H groups in total. The number of halogens is 5. The van der Waals surface area contributed by atoms with Crippen molar-refractivity contribution < 1.29 is 18.0 Å². The van der Waals surface area contributed by atoms with Crippen LogP contribution in [0.25, 0.3) is 0 Å². The Balaban J connectivity index is 2.74. The fourth-order valence-corrected chi connectivity index (χ4v) is 1.71. The number of carbonyl (C=O) groups excluding carboxylic acids is 1. The van der Waals surface area contributed by atoms with Crippen LogP contribution in [0.4, 0.5) is 13.2 Å². The third-order valence-electron chi connectivity index (χ3n) is 1.63. The van der Waals surface area contributed by atoms with E-state index in [4.69, 9.17) is 11.6 Å². The molecule has 0 unspecified atom stereocenters. The van der Waals surface area contributed by atoms with Gasteiger partial charge in [0.1, 0.15) is 6.54 Å². The molecule has 0 spiro atoms. The summed E-state index contributed by atoms with van der Waals surface area (Å²) < 4.78 is 36.2. The number of benzene rings is 1. The first-order valence-corrected chi connectivity index (χ1v) is 5.27. The minimum atomic E-state index is -4.43. The van der Waals surface area contributed by atoms with Gasteiger partial charge in [-0.2, -0.15) is 13.2 Å². The maximum Gasteiger partial charge on any atom is 0.405 e. The van der Waals surface area contributed by atoms with Gasteiger partial charge in [0.15, 0.2) is 0 Å². The fourth-order valence-electron chi connectivity index (χ4n) is 0.949. The van der Waals surface area contributed by atoms with Crippen LogP contribution >= 0.6 is 27.5 Å². The van der Waals surface area contributed by atoms with Gasteiger partial charge in [0.05, 0.1) is 10.6 Å². The summed E-state index contributed by atoms with van der Waals surface area (Å²) in [6, 6.07) is 4.30. The van der Waals surface area contributed by atoms with Crippen molar-refractivity contribution in [2.75, 3.05) is 6.54 Å². The van der Waals surface area contributed by atoms with Gasteiger partial charge in [0, 0.05) is 4.47 Å². The molecule has 2 nitrogen and oxygen atoms in total. The second-order valence-electron chi connectivity index (χ2n) is 2.92. The molecule has 1 aromatic rings. The zero-order valence-corrected chi connectivity index (χ0v) is 10.1. The molecule has 0 radical (unpaired) electrons. The van der Waals surface area contributed by atoms with Gasteiger partial charge in [-0.25, -0.2) is 0 Å². The molecule has 1 aromatic carbocycles. The second kappa shape index (κ2) is 5.05. The lowest BCUT2D eigenvalue weighted by molar-refractivity contribution is -0.123. The molecular weight excluding hydrogens is 310 g/mol. The van der Waals surface area contributed by atoms with Gasteiger partial charge in [-0.1, -0.05) is 27.5 Å². The Morgan fingerprint density at radius 1 is 1.44 bits per heavy atom. The molecule has 0 saturated heterocycles. The van der Waals surface area contributed by atoms with E-state index in [1.165, 1.54) is 18.2 Å². The summed E-state index contributed by atoms with van der Waals surface area (Å²) in [4.78, 5) is 11.3. The van der Waals surface area contributed by atoms with Crippen molar-refractivity contribution in [2.24, 2.45) is 0 Å². The molecule has 0 aliphatic heterocycles. The molecule has 0 aliphatic rings. The molecule has 1 amide bonds. The summed E-state index contributed by atoms with van der Waals surface area (Å²) in [7, 11) is 0. The van der Waals surface area contributed by atoms with Gasteiger partial charge in [0.2, 0.25) is 0 Å². The van der Waals surface area contributed by atoms with Crippen LogP contribution in [0.2, 0.25) is 5.02 Å². The average molecular weight is 317 g/mol. The topological polar surface area (TPSA) is 29.1 Å². The number of nitrogens with one attached hydrogen (secondary N) is 1. The van der Waals surface area contributed by atoms with Crippen LogP contribution < -0.4 is 5.32 Å². The highest BCUT2D eigenvalue weighted by Gasteiger charge is 2.28. The Hall–Kier alpha value is -0.750. The van der Waals surface area contributed by atoms with E-state index in [0.29, 0.717) is 4.47 Å². The molecule has 0 atom stereocenters. The van der Waals surface area contributed by atoms with Crippen LogP contribution in [-0.2, 0) is 0 Å². The van der Waals surface area contributed by atoms with Gasteiger partial charge < -0.3 is 5.32 Å². The maximum absolute atomic E-state index is 11.8. The summed E-state index contributed by atoms with van der Waals surface area (Å²) in [5.74, 6) is -0.852. The zero-order chi connectivity index (χ0) is 12.3. The second-order valence-corrected chi connectivity index (χ2v) is 4.24. The van der Waals surface area contributed by atoms with Crippen molar-refractivity contribution >= 4 is 33.4 Å². The van der Waals surface area contributed by atoms with Gasteiger partial charge in [-0.15, -0.1) is 0 Å². The molecule has 0 aromatic heterocycles. The van der Waals surface area contributed by atoms with Crippen molar-refractivity contribution in [1.29, 1.82) is 0 Å². The van der Waals surface area contributed by atoms with Crippen LogP contribution in [0.1, 0.15) is 10.4 Å². The number of alkyl halides is 3. The van der Waals surface area contributed by atoms with E-state index in [1.807, 2.05) is 0 Å². The lowest BCUT2D eigenvalue weighted by Crippen LogP contribution is -2.33. The molecule has 0 bridgehead atoms. The molecule has 1 rings (SSSR count). The Kier molecular flexibility index (Phi) is 4.21. The molecule has 0 saturated carbocycles. The minimum Gasteiger partial charge on any atom is -0.343 e. The lowest BCUT2D eigenvalue weighted by atomic mass is 10.2. The standard InChI is InChI=1S/C9H6BrClF3NO/c10-5-1-2-6(7(11)3-5)8(16)15-4-9(12,13)14/h1-3H,4H2,(H,15,16). The summed E-state index contributed by atoms with van der Waals surface area (Å²) in [6.07, 6.45) is -4.43. The van der Waals surface area contributed by atoms with E-state index in [1.54, 1.807) is 5.32 Å². The quantitative estimate of drug-likeness (QED) is 0.890. The van der Waals surface area contributed by atoms with Crippen molar-refractivity contribution in [3.63, 3.8) is 0 Å². The summed E-state index contributed by atoms with van der Waals surface area (Å²) in [6.45, 7) is -1.38. The van der Waals surface area contributed by atoms with Crippen LogP contribution in [0.15, 0.2) is 22.7 Å². The molecule has 0 heterocycles. The summed E-state index contributed by atoms with van der Waals surface area (Å²) in [5, 5.41) is 1.83. The van der Waals surface area contributed by atoms with Gasteiger partial charge >= 0.3 is 6.18 Å². The minimum absolute atomic E-state index is 0.00844. The number of carbonyl (C=O) groups is 1. The highest BCUT2D eigenvalue weighted by Crippen LogP contribution is 2.21. The predicted molar refractivity (Wildman–Crippen MR) is 57.5 cm³/mol. The first kappa shape index (κ1) is 13.3. The monoisotopic (exact) mass is 315 g/mol. The number of hydrogen-bond donors (Lipinski definition) is 1. The Morgan fingerprint density at radius 3 is 2.56 bits per heavy atom. The highest BCUT2D eigenvalue weighted by molar-refractivity contribution is 9.10. The van der Waals surface area contributed by atoms with Crippen molar-refractivity contribution in [1.82, 2.24) is 5.32 Å². The number of rotatable bonds is 2. The van der Waals surface area contributed by atoms with E-state index in [9.17, 15) is 18.0 Å². The lowest BCUT2D eigenvalue weighted by Gasteiger charge is -2.09. The zero-order valence-electron chi connectivity index (χ0n) is 7.74. The summed E-state index contributed by atoms with van der Waals surface area (Å²) >= 11 is 8.82. The molecule has 88 valence electrons. The average Bonchev–Trinajstić information content (AvgIpc) is 2.13. The molecular formula is C9H6BrClF3NO. The van der Waals surface area contributed by atoms with Gasteiger partial charge in [-0.3, -0.25) is 4.79 Å². The fraction of sp³-hybridized carbons (Fsp3) is 0.222. The normalized spacial score (nSPS) is 11.3. The molecule has 7 heteroatoms. The SMILES string of the molecule is O=C(NCC(F)(F)F)c1ccc(Br)cc1Cl. The van der Waals surface area contributed by atoms with Crippen molar-refractivity contribution in [3.05, 3.63) is 33.3 Å². The first-order chi connectivity index (χ1) is 7.29. The third kappa shape index (κ3) is 4.02. The Labute approximate surface area is 103 Å². The largest absolute Gasteiger partial charge is 0.405 e. The predicted octanol–water partition coefficient (Wildman–Crippen LogP) is 3.39. The van der Waals surface area contributed by atoms with Gasteiger partial charge in [-0.05, 0) is 18.2 Å². The molecule has 0 aliphatic carbocycles. The van der Waals surface area contributed by atoms with Crippen LogP contribution in [0.3, 0.4) is 0 Å². The summed E-state index contributed by atoms with van der Waals surface area (Å²) in [5.41, 5.74) is 0.00844. The first-order valence-electron chi connectivity index (χ1n) is 4.09. The Morgan fingerprint density at radius 2 is 2.06 bits per heavy atom. The van der Waals surface area contributed by atoms with E-state index in [2.05, 4.69) is 15.9 Å². The Bertz CT molecular complexity index is 408. The van der Waals surface area contributed by atoms with Crippen LogP contribution in [0.5, 0.6) is 0 Å².